The normalized spacial score (nSPS) is 19.2. The molecule has 5 rings (SSSR count). The zero-order chi connectivity index (χ0) is 32.4. The molecule has 3 aliphatic rings. The third kappa shape index (κ3) is 7.15. The van der Waals surface area contributed by atoms with E-state index in [-0.39, 0.29) is 47.2 Å². The molecular weight excluding hydrogens is 607 g/mol. The zero-order valence-electron chi connectivity index (χ0n) is 25.7. The van der Waals surface area contributed by atoms with Crippen LogP contribution in [0.1, 0.15) is 43.5 Å². The summed E-state index contributed by atoms with van der Waals surface area (Å²) < 4.78 is 48.5. The first-order valence-corrected chi connectivity index (χ1v) is 15.8. The number of amides is 1. The summed E-state index contributed by atoms with van der Waals surface area (Å²) in [6, 6.07) is 4.04. The highest BCUT2D eigenvalue weighted by Crippen LogP contribution is 2.47. The van der Waals surface area contributed by atoms with E-state index in [9.17, 15) is 18.0 Å². The Kier molecular flexibility index (Phi) is 9.80. The first-order chi connectivity index (χ1) is 21.5. The zero-order valence-corrected chi connectivity index (χ0v) is 26.5. The topological polar surface area (TPSA) is 69.4 Å². The Bertz CT molecular complexity index is 1460. The molecule has 0 bridgehead atoms. The number of halogens is 4. The van der Waals surface area contributed by atoms with Gasteiger partial charge in [-0.25, -0.2) is 6.57 Å². The lowest BCUT2D eigenvalue weighted by atomic mass is 10.0. The number of nitrogens with zero attached hydrogens (tertiary/aromatic N) is 7. The van der Waals surface area contributed by atoms with Crippen LogP contribution in [0.15, 0.2) is 30.9 Å². The molecule has 45 heavy (non-hydrogen) atoms. The molecule has 0 N–H and O–H groups in total. The van der Waals surface area contributed by atoms with Crippen molar-refractivity contribution in [3.63, 3.8) is 0 Å². The monoisotopic (exact) mass is 645 g/mol. The molecule has 3 heterocycles. The van der Waals surface area contributed by atoms with Gasteiger partial charge in [-0.15, -0.1) is 0 Å². The first kappa shape index (κ1) is 32.8. The smallest absolute Gasteiger partial charge is 0.419 e. The Morgan fingerprint density at radius 3 is 2.62 bits per heavy atom. The predicted octanol–water partition coefficient (Wildman–Crippen LogP) is 5.33. The standard InChI is InChI=1S/C32H39ClF3N7O2/c1-5-27(44)43-16-15-42(18-22(43)17-37-4)29-23-11-14-41(26-10-8-9-24(33)28(26)32(34,35)36)19-25(23)38-30(39-29)45-21-31(12-13-31)20-40(6-2)7-3/h5,8-10,22H,1,6-7,11-21H2,2-3H3. The maximum atomic E-state index is 14.1. The molecule has 1 aliphatic carbocycles. The average Bonchev–Trinajstić information content (AvgIpc) is 3.80. The SMILES string of the molecule is [C-]#[N+]CC1CN(c2nc(OCC3(CN(CC)CC)CC3)nc3c2CCN(c2cccc(Cl)c2C(F)(F)F)C3)CCN1C(=O)C=C. The van der Waals surface area contributed by atoms with Crippen molar-refractivity contribution in [3.05, 3.63) is 64.1 Å². The fourth-order valence-electron chi connectivity index (χ4n) is 6.36. The van der Waals surface area contributed by atoms with E-state index in [0.717, 1.165) is 38.0 Å². The van der Waals surface area contributed by atoms with E-state index in [0.29, 0.717) is 50.7 Å². The molecule has 1 saturated heterocycles. The third-order valence-corrected chi connectivity index (χ3v) is 9.41. The van der Waals surface area contributed by atoms with Crippen LogP contribution in [0, 0.1) is 12.0 Å². The summed E-state index contributed by atoms with van der Waals surface area (Å²) in [6.45, 7) is 20.4. The minimum atomic E-state index is -4.62. The van der Waals surface area contributed by atoms with Gasteiger partial charge in [-0.1, -0.05) is 38.1 Å². The molecule has 1 aromatic carbocycles. The molecule has 1 atom stereocenters. The number of hydrogen-bond donors (Lipinski definition) is 0. The van der Waals surface area contributed by atoms with Crippen LogP contribution in [0.5, 0.6) is 6.01 Å². The van der Waals surface area contributed by atoms with Crippen molar-refractivity contribution < 1.29 is 22.7 Å². The number of alkyl halides is 3. The summed E-state index contributed by atoms with van der Waals surface area (Å²) in [4.78, 5) is 33.5. The van der Waals surface area contributed by atoms with E-state index in [1.807, 2.05) is 0 Å². The number of benzene rings is 1. The van der Waals surface area contributed by atoms with Gasteiger partial charge in [0.05, 0.1) is 35.1 Å². The number of carbonyl (C=O) groups is 1. The number of ether oxygens (including phenoxy) is 1. The van der Waals surface area contributed by atoms with E-state index in [4.69, 9.17) is 32.9 Å². The van der Waals surface area contributed by atoms with Crippen LogP contribution in [-0.4, -0.2) is 90.7 Å². The second-order valence-electron chi connectivity index (χ2n) is 12.0. The summed E-state index contributed by atoms with van der Waals surface area (Å²) in [5.41, 5.74) is 0.598. The van der Waals surface area contributed by atoms with Gasteiger partial charge in [0, 0.05) is 43.7 Å². The third-order valence-electron chi connectivity index (χ3n) is 9.10. The quantitative estimate of drug-likeness (QED) is 0.242. The molecule has 0 spiro atoms. The number of aromatic nitrogens is 2. The molecule has 1 aromatic heterocycles. The summed E-state index contributed by atoms with van der Waals surface area (Å²) in [6.07, 6.45) is -0.872. The maximum absolute atomic E-state index is 14.1. The fraction of sp³-hybridized carbons (Fsp3) is 0.562. The molecule has 0 radical (unpaired) electrons. The Morgan fingerprint density at radius 1 is 1.22 bits per heavy atom. The van der Waals surface area contributed by atoms with Crippen LogP contribution < -0.4 is 14.5 Å². The van der Waals surface area contributed by atoms with Crippen LogP contribution in [0.25, 0.3) is 4.85 Å². The summed E-state index contributed by atoms with van der Waals surface area (Å²) in [5, 5.41) is -0.348. The van der Waals surface area contributed by atoms with Crippen molar-refractivity contribution in [3.8, 4) is 6.01 Å². The van der Waals surface area contributed by atoms with E-state index < -0.39 is 11.7 Å². The average molecular weight is 646 g/mol. The minimum absolute atomic E-state index is 0.00751. The summed E-state index contributed by atoms with van der Waals surface area (Å²) in [7, 11) is 0. The molecule has 2 fully saturated rings. The molecule has 242 valence electrons. The number of fused-ring (bicyclic) bond motifs is 1. The highest BCUT2D eigenvalue weighted by Gasteiger charge is 2.45. The van der Waals surface area contributed by atoms with Gasteiger partial charge in [-0.2, -0.15) is 23.1 Å². The van der Waals surface area contributed by atoms with Crippen LogP contribution in [0.2, 0.25) is 5.02 Å². The van der Waals surface area contributed by atoms with Crippen molar-refractivity contribution in [1.29, 1.82) is 0 Å². The first-order valence-electron chi connectivity index (χ1n) is 15.4. The Hall–Kier alpha value is -3.56. The lowest BCUT2D eigenvalue weighted by Gasteiger charge is -2.41. The molecule has 1 saturated carbocycles. The van der Waals surface area contributed by atoms with Crippen LogP contribution >= 0.6 is 11.6 Å². The molecule has 2 aromatic rings. The Balaban J connectivity index is 1.48. The predicted molar refractivity (Wildman–Crippen MR) is 168 cm³/mol. The number of carbonyl (C=O) groups excluding carboxylic acids is 1. The van der Waals surface area contributed by atoms with Gasteiger partial charge < -0.3 is 29.2 Å². The van der Waals surface area contributed by atoms with Crippen LogP contribution in [0.3, 0.4) is 0 Å². The molecule has 2 aliphatic heterocycles. The van der Waals surface area contributed by atoms with E-state index in [1.165, 1.54) is 24.3 Å². The molecular formula is C32H39ClF3N7O2. The number of rotatable bonds is 11. The Morgan fingerprint density at radius 2 is 1.98 bits per heavy atom. The van der Waals surface area contributed by atoms with Gasteiger partial charge in [0.25, 0.3) is 0 Å². The van der Waals surface area contributed by atoms with Crippen LogP contribution in [0.4, 0.5) is 24.7 Å². The van der Waals surface area contributed by atoms with Gasteiger partial charge >= 0.3 is 12.2 Å². The van der Waals surface area contributed by atoms with Crippen molar-refractivity contribution in [2.45, 2.75) is 51.9 Å². The maximum Gasteiger partial charge on any atom is 0.419 e. The van der Waals surface area contributed by atoms with Crippen molar-refractivity contribution in [2.75, 3.05) is 68.8 Å². The second kappa shape index (κ2) is 13.4. The fourth-order valence-corrected chi connectivity index (χ4v) is 6.63. The van der Waals surface area contributed by atoms with Crippen molar-refractivity contribution in [1.82, 2.24) is 19.8 Å². The van der Waals surface area contributed by atoms with Gasteiger partial charge in [-0.05, 0) is 50.6 Å². The number of piperazine rings is 1. The molecule has 1 unspecified atom stereocenters. The van der Waals surface area contributed by atoms with Gasteiger partial charge in [-0.3, -0.25) is 4.79 Å². The summed E-state index contributed by atoms with van der Waals surface area (Å²) in [5.74, 6) is 0.420. The lowest BCUT2D eigenvalue weighted by molar-refractivity contribution is -0.137. The molecule has 13 heteroatoms. The van der Waals surface area contributed by atoms with E-state index in [1.54, 1.807) is 9.80 Å². The van der Waals surface area contributed by atoms with Crippen molar-refractivity contribution >= 4 is 29.0 Å². The van der Waals surface area contributed by atoms with Gasteiger partial charge in [0.1, 0.15) is 11.9 Å². The van der Waals surface area contributed by atoms with E-state index >= 15 is 0 Å². The molecule has 9 nitrogen and oxygen atoms in total. The van der Waals surface area contributed by atoms with Gasteiger partial charge in [0.15, 0.2) is 0 Å². The summed E-state index contributed by atoms with van der Waals surface area (Å²) >= 11 is 6.06. The highest BCUT2D eigenvalue weighted by molar-refractivity contribution is 6.31. The van der Waals surface area contributed by atoms with Crippen molar-refractivity contribution in [2.24, 2.45) is 5.41 Å². The number of hydrogen-bond acceptors (Lipinski definition) is 7. The number of anilines is 2. The van der Waals surface area contributed by atoms with E-state index in [2.05, 4.69) is 35.1 Å². The lowest BCUT2D eigenvalue weighted by Crippen LogP contribution is -2.56. The molecule has 1 amide bonds. The Labute approximate surface area is 267 Å². The largest absolute Gasteiger partial charge is 0.463 e. The minimum Gasteiger partial charge on any atom is -0.463 e. The van der Waals surface area contributed by atoms with Crippen LogP contribution in [-0.2, 0) is 23.9 Å². The highest BCUT2D eigenvalue weighted by atomic mass is 35.5. The second-order valence-corrected chi connectivity index (χ2v) is 12.4. The van der Waals surface area contributed by atoms with Gasteiger partial charge in [0.2, 0.25) is 12.5 Å².